The van der Waals surface area contributed by atoms with Gasteiger partial charge in [0.25, 0.3) is 0 Å². The Kier molecular flexibility index (Phi) is 7.28. The van der Waals surface area contributed by atoms with E-state index in [1.165, 1.54) is 0 Å². The van der Waals surface area contributed by atoms with Gasteiger partial charge < -0.3 is 14.8 Å². The summed E-state index contributed by atoms with van der Waals surface area (Å²) in [5, 5.41) is 4.15. The van der Waals surface area contributed by atoms with Crippen LogP contribution in [-0.4, -0.2) is 26.0 Å². The predicted octanol–water partition coefficient (Wildman–Crippen LogP) is 3.39. The molecular formula is C14H22ClNO2. The molecule has 1 N–H and O–H groups in total. The molecule has 0 saturated carbocycles. The molecule has 0 aromatic heterocycles. The quantitative estimate of drug-likeness (QED) is 0.735. The van der Waals surface area contributed by atoms with Crippen LogP contribution in [-0.2, 0) is 9.47 Å². The first kappa shape index (κ1) is 15.4. The third-order valence-electron chi connectivity index (χ3n) is 2.67. The second-order valence-corrected chi connectivity index (χ2v) is 4.40. The number of rotatable bonds is 8. The van der Waals surface area contributed by atoms with E-state index >= 15 is 0 Å². The van der Waals surface area contributed by atoms with Crippen LogP contribution in [0, 0.1) is 0 Å². The minimum absolute atomic E-state index is 0.169. The number of benzene rings is 1. The van der Waals surface area contributed by atoms with Crippen molar-refractivity contribution in [2.24, 2.45) is 0 Å². The Morgan fingerprint density at radius 2 is 1.78 bits per heavy atom. The zero-order chi connectivity index (χ0) is 13.4. The molecule has 0 aliphatic carbocycles. The molecule has 1 aromatic rings. The van der Waals surface area contributed by atoms with Gasteiger partial charge in [0.15, 0.2) is 6.29 Å². The van der Waals surface area contributed by atoms with Crippen LogP contribution >= 0.6 is 11.6 Å². The molecule has 0 saturated heterocycles. The monoisotopic (exact) mass is 271 g/mol. The molecule has 3 nitrogen and oxygen atoms in total. The van der Waals surface area contributed by atoms with Crippen LogP contribution < -0.4 is 5.32 Å². The maximum Gasteiger partial charge on any atom is 0.169 e. The molecule has 0 bridgehead atoms. The second kappa shape index (κ2) is 8.48. The van der Waals surface area contributed by atoms with Gasteiger partial charge in [0.05, 0.1) is 0 Å². The van der Waals surface area contributed by atoms with Crippen LogP contribution in [0.4, 0.5) is 0 Å². The third-order valence-corrected chi connectivity index (χ3v) is 3.01. The molecule has 0 aliphatic heterocycles. The highest BCUT2D eigenvalue weighted by atomic mass is 35.5. The first-order valence-corrected chi connectivity index (χ1v) is 6.77. The van der Waals surface area contributed by atoms with Gasteiger partial charge in [0.2, 0.25) is 0 Å². The summed E-state index contributed by atoms with van der Waals surface area (Å²) in [7, 11) is 0. The van der Waals surface area contributed by atoms with Gasteiger partial charge in [0, 0.05) is 30.8 Å². The van der Waals surface area contributed by atoms with Crippen molar-refractivity contribution in [2.75, 3.05) is 19.8 Å². The molecule has 1 aromatic carbocycles. The van der Waals surface area contributed by atoms with Gasteiger partial charge in [-0.2, -0.15) is 0 Å². The van der Waals surface area contributed by atoms with Crippen molar-refractivity contribution in [3.63, 3.8) is 0 Å². The molecule has 0 spiro atoms. The first-order chi connectivity index (χ1) is 8.69. The molecule has 0 radical (unpaired) electrons. The number of halogens is 1. The van der Waals surface area contributed by atoms with Crippen LogP contribution in [0.3, 0.4) is 0 Å². The summed E-state index contributed by atoms with van der Waals surface area (Å²) in [6.45, 7) is 7.94. The summed E-state index contributed by atoms with van der Waals surface area (Å²) in [6.07, 6.45) is -0.204. The van der Waals surface area contributed by atoms with Crippen molar-refractivity contribution < 1.29 is 9.47 Å². The SMILES string of the molecule is CCOC(CN[C@@H](C)c1ccccc1Cl)OCC. The van der Waals surface area contributed by atoms with E-state index in [1.807, 2.05) is 38.1 Å². The largest absolute Gasteiger partial charge is 0.352 e. The molecule has 1 rings (SSSR count). The van der Waals surface area contributed by atoms with E-state index in [0.717, 1.165) is 10.6 Å². The summed E-state index contributed by atoms with van der Waals surface area (Å²) in [4.78, 5) is 0. The zero-order valence-corrected chi connectivity index (χ0v) is 12.0. The minimum atomic E-state index is -0.204. The highest BCUT2D eigenvalue weighted by Crippen LogP contribution is 2.21. The Morgan fingerprint density at radius 3 is 2.33 bits per heavy atom. The molecule has 4 heteroatoms. The van der Waals surface area contributed by atoms with Gasteiger partial charge in [-0.3, -0.25) is 0 Å². The Labute approximate surface area is 114 Å². The molecule has 0 unspecified atom stereocenters. The number of hydrogen-bond acceptors (Lipinski definition) is 3. The molecule has 1 atom stereocenters. The van der Waals surface area contributed by atoms with Crippen LogP contribution in [0.2, 0.25) is 5.02 Å². The standard InChI is InChI=1S/C14H22ClNO2/c1-4-17-14(18-5-2)10-16-11(3)12-8-6-7-9-13(12)15/h6-9,11,14,16H,4-5,10H2,1-3H3/t11-/m0/s1. The van der Waals surface area contributed by atoms with Gasteiger partial charge in [-0.25, -0.2) is 0 Å². The van der Waals surface area contributed by atoms with Gasteiger partial charge in [-0.1, -0.05) is 29.8 Å². The fourth-order valence-corrected chi connectivity index (χ4v) is 2.05. The van der Waals surface area contributed by atoms with E-state index in [4.69, 9.17) is 21.1 Å². The second-order valence-electron chi connectivity index (χ2n) is 3.99. The Hall–Kier alpha value is -0.610. The lowest BCUT2D eigenvalue weighted by molar-refractivity contribution is -0.133. The number of ether oxygens (including phenoxy) is 2. The van der Waals surface area contributed by atoms with Crippen LogP contribution in [0.25, 0.3) is 0 Å². The maximum absolute atomic E-state index is 6.15. The lowest BCUT2D eigenvalue weighted by Gasteiger charge is -2.21. The summed E-state index contributed by atoms with van der Waals surface area (Å²) in [5.74, 6) is 0. The molecular weight excluding hydrogens is 250 g/mol. The normalized spacial score (nSPS) is 12.9. The Morgan fingerprint density at radius 1 is 1.17 bits per heavy atom. The average molecular weight is 272 g/mol. The van der Waals surface area contributed by atoms with Crippen molar-refractivity contribution in [2.45, 2.75) is 33.1 Å². The van der Waals surface area contributed by atoms with E-state index in [0.29, 0.717) is 19.8 Å². The topological polar surface area (TPSA) is 30.5 Å². The third kappa shape index (κ3) is 4.94. The molecule has 0 heterocycles. The zero-order valence-electron chi connectivity index (χ0n) is 11.3. The molecule has 0 amide bonds. The van der Waals surface area contributed by atoms with Gasteiger partial charge in [0.1, 0.15) is 0 Å². The van der Waals surface area contributed by atoms with Gasteiger partial charge >= 0.3 is 0 Å². The van der Waals surface area contributed by atoms with Crippen molar-refractivity contribution >= 4 is 11.6 Å². The first-order valence-electron chi connectivity index (χ1n) is 6.40. The van der Waals surface area contributed by atoms with Gasteiger partial charge in [-0.05, 0) is 32.4 Å². The van der Waals surface area contributed by atoms with Crippen LogP contribution in [0.1, 0.15) is 32.4 Å². The average Bonchev–Trinajstić information content (AvgIpc) is 2.36. The van der Waals surface area contributed by atoms with E-state index in [2.05, 4.69) is 12.2 Å². The molecule has 18 heavy (non-hydrogen) atoms. The van der Waals surface area contributed by atoms with Crippen molar-refractivity contribution in [3.8, 4) is 0 Å². The summed E-state index contributed by atoms with van der Waals surface area (Å²) in [6, 6.07) is 8.01. The highest BCUT2D eigenvalue weighted by Gasteiger charge is 2.12. The maximum atomic E-state index is 6.15. The summed E-state index contributed by atoms with van der Waals surface area (Å²) in [5.41, 5.74) is 1.09. The number of hydrogen-bond donors (Lipinski definition) is 1. The predicted molar refractivity (Wildman–Crippen MR) is 74.9 cm³/mol. The van der Waals surface area contributed by atoms with Crippen LogP contribution in [0.5, 0.6) is 0 Å². The number of nitrogens with one attached hydrogen (secondary N) is 1. The highest BCUT2D eigenvalue weighted by molar-refractivity contribution is 6.31. The molecule has 102 valence electrons. The van der Waals surface area contributed by atoms with Crippen LogP contribution in [0.15, 0.2) is 24.3 Å². The Bertz CT molecular complexity index is 340. The fourth-order valence-electron chi connectivity index (χ4n) is 1.75. The minimum Gasteiger partial charge on any atom is -0.352 e. The van der Waals surface area contributed by atoms with E-state index in [-0.39, 0.29) is 12.3 Å². The van der Waals surface area contributed by atoms with E-state index in [1.54, 1.807) is 0 Å². The smallest absolute Gasteiger partial charge is 0.169 e. The molecule has 0 fully saturated rings. The van der Waals surface area contributed by atoms with Crippen molar-refractivity contribution in [1.82, 2.24) is 5.32 Å². The van der Waals surface area contributed by atoms with E-state index < -0.39 is 0 Å². The summed E-state index contributed by atoms with van der Waals surface area (Å²) < 4.78 is 11.0. The van der Waals surface area contributed by atoms with Crippen molar-refractivity contribution in [1.29, 1.82) is 0 Å². The fraction of sp³-hybridized carbons (Fsp3) is 0.571. The van der Waals surface area contributed by atoms with E-state index in [9.17, 15) is 0 Å². The van der Waals surface area contributed by atoms with Gasteiger partial charge in [-0.15, -0.1) is 0 Å². The summed E-state index contributed by atoms with van der Waals surface area (Å²) >= 11 is 6.15. The Balaban J connectivity index is 2.49. The molecule has 0 aliphatic rings. The van der Waals surface area contributed by atoms with Crippen molar-refractivity contribution in [3.05, 3.63) is 34.9 Å². The lowest BCUT2D eigenvalue weighted by atomic mass is 10.1. The lowest BCUT2D eigenvalue weighted by Crippen LogP contribution is -2.33.